The molecule has 0 fully saturated rings. The van der Waals surface area contributed by atoms with Crippen LogP contribution in [-0.4, -0.2) is 56.3 Å². The van der Waals surface area contributed by atoms with E-state index in [0.717, 1.165) is 5.56 Å². The first-order valence-electron chi connectivity index (χ1n) is 9.27. The van der Waals surface area contributed by atoms with Gasteiger partial charge in [-0.15, -0.1) is 0 Å². The Morgan fingerprint density at radius 2 is 2.07 bits per heavy atom. The number of likely N-dealkylation sites (N-methyl/N-ethyl adjacent to an activating group) is 1. The first-order valence-corrected chi connectivity index (χ1v) is 9.27. The van der Waals surface area contributed by atoms with Crippen molar-refractivity contribution in [2.24, 2.45) is 5.92 Å². The van der Waals surface area contributed by atoms with Crippen LogP contribution in [0.4, 0.5) is 0 Å². The Kier molecular flexibility index (Phi) is 6.23. The van der Waals surface area contributed by atoms with Crippen LogP contribution >= 0.6 is 0 Å². The minimum Gasteiger partial charge on any atom is -0.459 e. The zero-order chi connectivity index (χ0) is 19.4. The Morgan fingerprint density at radius 1 is 1.30 bits per heavy atom. The Morgan fingerprint density at radius 3 is 2.78 bits per heavy atom. The molecule has 0 saturated heterocycles. The molecule has 7 heteroatoms. The minimum absolute atomic E-state index is 0.0313. The Bertz CT molecular complexity index is 702. The molecule has 2 aliphatic rings. The fourth-order valence-electron chi connectivity index (χ4n) is 3.48. The average Bonchev–Trinajstić information content (AvgIpc) is 3.13. The molecule has 148 valence electrons. The fraction of sp³-hybridized carbons (Fsp3) is 0.550. The number of aliphatic hydroxyl groups excluding tert-OH is 1. The van der Waals surface area contributed by atoms with E-state index in [2.05, 4.69) is 0 Å². The van der Waals surface area contributed by atoms with Crippen LogP contribution < -0.4 is 9.47 Å². The highest BCUT2D eigenvalue weighted by atomic mass is 16.7. The van der Waals surface area contributed by atoms with E-state index >= 15 is 0 Å². The Hall–Kier alpha value is -2.25. The van der Waals surface area contributed by atoms with Gasteiger partial charge in [-0.05, 0) is 43.5 Å². The van der Waals surface area contributed by atoms with E-state index in [4.69, 9.17) is 18.9 Å². The van der Waals surface area contributed by atoms with Crippen molar-refractivity contribution < 1.29 is 28.8 Å². The number of fused-ring (bicyclic) bond motifs is 1. The predicted octanol–water partition coefficient (Wildman–Crippen LogP) is 2.25. The molecule has 3 rings (SSSR count). The molecule has 3 atom stereocenters. The van der Waals surface area contributed by atoms with E-state index in [-0.39, 0.29) is 36.9 Å². The van der Waals surface area contributed by atoms with Crippen molar-refractivity contribution in [3.05, 3.63) is 35.6 Å². The summed E-state index contributed by atoms with van der Waals surface area (Å²) in [5.74, 6) is 1.35. The smallest absolute Gasteiger partial charge is 0.288 e. The average molecular weight is 377 g/mol. The summed E-state index contributed by atoms with van der Waals surface area (Å²) in [5, 5.41) is 9.32. The molecule has 1 amide bonds. The highest BCUT2D eigenvalue weighted by molar-refractivity contribution is 5.91. The molecule has 0 bridgehead atoms. The lowest BCUT2D eigenvalue weighted by molar-refractivity contribution is -0.169. The highest BCUT2D eigenvalue weighted by Crippen LogP contribution is 2.42. The number of aliphatic hydroxyl groups is 1. The van der Waals surface area contributed by atoms with Gasteiger partial charge in [-0.2, -0.15) is 0 Å². The topological polar surface area (TPSA) is 77.5 Å². The lowest BCUT2D eigenvalue weighted by Crippen LogP contribution is -2.38. The van der Waals surface area contributed by atoms with Gasteiger partial charge in [-0.1, -0.05) is 6.07 Å². The lowest BCUT2D eigenvalue weighted by atomic mass is 9.80. The zero-order valence-corrected chi connectivity index (χ0v) is 16.0. The normalized spacial score (nSPS) is 23.6. The van der Waals surface area contributed by atoms with Gasteiger partial charge in [0.05, 0.1) is 0 Å². The summed E-state index contributed by atoms with van der Waals surface area (Å²) in [5.41, 5.74) is 0.999. The van der Waals surface area contributed by atoms with Crippen LogP contribution in [0.15, 0.2) is 30.0 Å². The minimum atomic E-state index is -0.555. The molecular weight excluding hydrogens is 350 g/mol. The van der Waals surface area contributed by atoms with Gasteiger partial charge < -0.3 is 29.0 Å². The number of hydrogen-bond donors (Lipinski definition) is 1. The lowest BCUT2D eigenvalue weighted by Gasteiger charge is -2.37. The van der Waals surface area contributed by atoms with E-state index < -0.39 is 6.29 Å². The molecular formula is C20H27NO6. The third-order valence-electron chi connectivity index (χ3n) is 4.81. The first kappa shape index (κ1) is 19.5. The number of hydrogen-bond acceptors (Lipinski definition) is 6. The molecule has 0 aromatic heterocycles. The quantitative estimate of drug-likeness (QED) is 0.785. The third kappa shape index (κ3) is 4.20. The van der Waals surface area contributed by atoms with Gasteiger partial charge in [0.15, 0.2) is 17.3 Å². The number of amides is 1. The number of carbonyl (C=O) groups excluding carboxylic acids is 1. The van der Waals surface area contributed by atoms with E-state index in [1.165, 1.54) is 4.90 Å². The van der Waals surface area contributed by atoms with Crippen LogP contribution in [-0.2, 0) is 14.3 Å². The largest absolute Gasteiger partial charge is 0.459 e. The standard InChI is InChI=1S/C20H27NO6/c1-4-24-20-14(6-5-9-22)15(11-18(27-20)19(23)21(2)3)13-7-8-16-17(10-13)26-12-25-16/h7-8,10-11,14-15,20,22H,4-6,9,12H2,1-3H3/t14-,15-,20-/m0/s1. The van der Waals surface area contributed by atoms with Crippen LogP contribution in [0, 0.1) is 5.92 Å². The summed E-state index contributed by atoms with van der Waals surface area (Å²) >= 11 is 0. The monoisotopic (exact) mass is 377 g/mol. The van der Waals surface area contributed by atoms with Gasteiger partial charge in [0.25, 0.3) is 5.91 Å². The maximum absolute atomic E-state index is 12.5. The molecule has 0 unspecified atom stereocenters. The van der Waals surface area contributed by atoms with Crippen LogP contribution in [0.5, 0.6) is 11.5 Å². The number of carbonyl (C=O) groups is 1. The molecule has 7 nitrogen and oxygen atoms in total. The molecule has 0 aliphatic carbocycles. The van der Waals surface area contributed by atoms with Gasteiger partial charge in [0.1, 0.15) is 0 Å². The van der Waals surface area contributed by atoms with Crippen molar-refractivity contribution >= 4 is 5.91 Å². The van der Waals surface area contributed by atoms with E-state index in [1.807, 2.05) is 31.2 Å². The van der Waals surface area contributed by atoms with Crippen LogP contribution in [0.25, 0.3) is 0 Å². The summed E-state index contributed by atoms with van der Waals surface area (Å²) in [7, 11) is 3.38. The Balaban J connectivity index is 1.99. The number of benzene rings is 1. The second kappa shape index (κ2) is 8.63. The molecule has 0 radical (unpaired) electrons. The fourth-order valence-corrected chi connectivity index (χ4v) is 3.48. The first-order chi connectivity index (χ1) is 13.0. The highest BCUT2D eigenvalue weighted by Gasteiger charge is 2.38. The molecule has 1 aromatic rings. The van der Waals surface area contributed by atoms with Crippen molar-refractivity contribution in [3.8, 4) is 11.5 Å². The molecule has 2 aliphatic heterocycles. The van der Waals surface area contributed by atoms with Crippen LogP contribution in [0.2, 0.25) is 0 Å². The van der Waals surface area contributed by atoms with Gasteiger partial charge in [0.2, 0.25) is 13.1 Å². The Labute approximate surface area is 159 Å². The molecule has 27 heavy (non-hydrogen) atoms. The summed E-state index contributed by atoms with van der Waals surface area (Å²) in [6, 6.07) is 5.81. The van der Waals surface area contributed by atoms with Gasteiger partial charge in [-0.3, -0.25) is 4.79 Å². The number of ether oxygens (including phenoxy) is 4. The molecule has 0 spiro atoms. The molecule has 1 aromatic carbocycles. The maximum Gasteiger partial charge on any atom is 0.288 e. The van der Waals surface area contributed by atoms with E-state index in [9.17, 15) is 9.90 Å². The van der Waals surface area contributed by atoms with Crippen molar-refractivity contribution in [2.45, 2.75) is 32.0 Å². The summed E-state index contributed by atoms with van der Waals surface area (Å²) in [6.07, 6.45) is 2.64. The van der Waals surface area contributed by atoms with Crippen molar-refractivity contribution in [1.29, 1.82) is 0 Å². The third-order valence-corrected chi connectivity index (χ3v) is 4.81. The number of rotatable bonds is 7. The molecule has 0 saturated carbocycles. The zero-order valence-electron chi connectivity index (χ0n) is 16.0. The van der Waals surface area contributed by atoms with E-state index in [0.29, 0.717) is 30.9 Å². The summed E-state index contributed by atoms with van der Waals surface area (Å²) < 4.78 is 22.7. The molecule has 1 N–H and O–H groups in total. The van der Waals surface area contributed by atoms with Gasteiger partial charge >= 0.3 is 0 Å². The van der Waals surface area contributed by atoms with Gasteiger partial charge in [0, 0.05) is 39.1 Å². The van der Waals surface area contributed by atoms with Crippen molar-refractivity contribution in [3.63, 3.8) is 0 Å². The van der Waals surface area contributed by atoms with E-state index in [1.54, 1.807) is 14.1 Å². The maximum atomic E-state index is 12.5. The number of allylic oxidation sites excluding steroid dienone is 1. The second-order valence-corrected chi connectivity index (χ2v) is 6.84. The molecule has 2 heterocycles. The van der Waals surface area contributed by atoms with Gasteiger partial charge in [-0.25, -0.2) is 0 Å². The SMILES string of the molecule is CCO[C@H]1OC(C(=O)N(C)C)=C[C@@H](c2ccc3c(c2)OCO3)[C@@H]1CCCO. The number of nitrogens with zero attached hydrogens (tertiary/aromatic N) is 1. The van der Waals surface area contributed by atoms with Crippen molar-refractivity contribution in [1.82, 2.24) is 4.90 Å². The second-order valence-electron chi connectivity index (χ2n) is 6.84. The van der Waals surface area contributed by atoms with Crippen LogP contribution in [0.3, 0.4) is 0 Å². The summed E-state index contributed by atoms with van der Waals surface area (Å²) in [6.45, 7) is 2.67. The predicted molar refractivity (Wildman–Crippen MR) is 98.4 cm³/mol. The van der Waals surface area contributed by atoms with Crippen molar-refractivity contribution in [2.75, 3.05) is 34.1 Å². The summed E-state index contributed by atoms with van der Waals surface area (Å²) in [4.78, 5) is 14.0. The van der Waals surface area contributed by atoms with Crippen LogP contribution in [0.1, 0.15) is 31.2 Å².